The number of nitrogens with one attached hydrogen (secondary N) is 3. The number of H-pyrrole nitrogens is 1. The average Bonchev–Trinajstić information content (AvgIpc) is 3.92. The molecule has 0 saturated carbocycles. The van der Waals surface area contributed by atoms with Gasteiger partial charge < -0.3 is 25.0 Å². The van der Waals surface area contributed by atoms with Crippen LogP contribution in [0.2, 0.25) is 0 Å². The van der Waals surface area contributed by atoms with Crippen molar-refractivity contribution in [2.75, 3.05) is 56.0 Å². The summed E-state index contributed by atoms with van der Waals surface area (Å²) in [6, 6.07) is 6.18. The summed E-state index contributed by atoms with van der Waals surface area (Å²) in [7, 11) is 0. The highest BCUT2D eigenvalue weighted by molar-refractivity contribution is 6.05. The monoisotopic (exact) mass is 788 g/mol. The van der Waals surface area contributed by atoms with Gasteiger partial charge >= 0.3 is 6.18 Å². The van der Waals surface area contributed by atoms with Crippen molar-refractivity contribution in [2.45, 2.75) is 75.8 Å². The van der Waals surface area contributed by atoms with Crippen molar-refractivity contribution in [3.8, 4) is 11.3 Å². The summed E-state index contributed by atoms with van der Waals surface area (Å²) in [6.45, 7) is 6.27. The second kappa shape index (κ2) is 15.0. The van der Waals surface area contributed by atoms with Crippen LogP contribution in [0.15, 0.2) is 42.9 Å². The summed E-state index contributed by atoms with van der Waals surface area (Å²) in [5.74, 6) is -0.977. The van der Waals surface area contributed by atoms with Crippen LogP contribution in [0.5, 0.6) is 0 Å². The molecular formula is C40H44F4N10O3. The number of pyridine rings is 1. The number of carbonyl (C=O) groups excluding carboxylic acids is 3. The first-order valence-corrected chi connectivity index (χ1v) is 19.8. The zero-order chi connectivity index (χ0) is 39.4. The van der Waals surface area contributed by atoms with Crippen molar-refractivity contribution in [1.29, 1.82) is 0 Å². The number of imide groups is 1. The van der Waals surface area contributed by atoms with E-state index in [9.17, 15) is 27.6 Å². The highest BCUT2D eigenvalue weighted by Gasteiger charge is 2.41. The van der Waals surface area contributed by atoms with Gasteiger partial charge in [-0.3, -0.25) is 24.6 Å². The van der Waals surface area contributed by atoms with Crippen LogP contribution in [0.3, 0.4) is 0 Å². The Morgan fingerprint density at radius 3 is 2.51 bits per heavy atom. The van der Waals surface area contributed by atoms with Crippen LogP contribution in [-0.4, -0.2) is 116 Å². The lowest BCUT2D eigenvalue weighted by atomic mass is 9.94. The Hall–Kier alpha value is -5.16. The van der Waals surface area contributed by atoms with Crippen molar-refractivity contribution in [3.05, 3.63) is 65.4 Å². The second-order valence-electron chi connectivity index (χ2n) is 16.0. The molecule has 1 unspecified atom stereocenters. The number of likely N-dealkylation sites (tertiary alicyclic amines) is 2. The predicted molar refractivity (Wildman–Crippen MR) is 203 cm³/mol. The van der Waals surface area contributed by atoms with E-state index in [1.807, 2.05) is 0 Å². The minimum atomic E-state index is -4.62. The molecule has 0 bridgehead atoms. The fourth-order valence-corrected chi connectivity index (χ4v) is 9.44. The standard InChI is InChI=1S/C40H44F4N10O3/c41-31-17-28-24(21-54(38(28)57)32-3-4-34(55)49-37(32)56)16-33(31)52-13-5-23(6-14-52)20-51-11-8-26(9-12-51)53-15-7-25(22-53)48-39-47-19-30(40(42,43)44)35(50-39)29-18-46-36-27(29)2-1-10-45-36/h1-2,10,16-19,23,25-26,32H,3-9,11-15,20-22H2,(H,45,46)(H,47,48,50)(H,49,55,56)/t25-,32?/m1/s1. The van der Waals surface area contributed by atoms with Crippen LogP contribution in [0.25, 0.3) is 22.3 Å². The molecular weight excluding hydrogens is 744 g/mol. The number of nitrogens with zero attached hydrogens (tertiary/aromatic N) is 7. The number of hydrogen-bond donors (Lipinski definition) is 3. The number of aromatic amines is 1. The minimum absolute atomic E-state index is 0.0164. The SMILES string of the molecule is O=C1CCC(N2Cc3cc(N4CCC(CN5CCC(N6CC[C@@H](Nc7ncc(C(F)(F)F)c(-c8c[nH]c9ncccc89)n7)C6)CC5)CC4)c(F)cc3C2=O)C(=O)N1. The van der Waals surface area contributed by atoms with Gasteiger partial charge in [0, 0.05) is 92.9 Å². The van der Waals surface area contributed by atoms with E-state index >= 15 is 4.39 Å². The molecule has 5 aliphatic heterocycles. The van der Waals surface area contributed by atoms with E-state index in [0.717, 1.165) is 71.0 Å². The lowest BCUT2D eigenvalue weighted by Gasteiger charge is -2.40. The number of aromatic nitrogens is 4. The smallest absolute Gasteiger partial charge is 0.369 e. The van der Waals surface area contributed by atoms with E-state index in [-0.39, 0.29) is 54.4 Å². The molecule has 8 heterocycles. The molecule has 9 rings (SSSR count). The van der Waals surface area contributed by atoms with Gasteiger partial charge in [0.1, 0.15) is 23.1 Å². The number of rotatable bonds is 8. The van der Waals surface area contributed by atoms with E-state index in [2.05, 4.69) is 45.3 Å². The summed E-state index contributed by atoms with van der Waals surface area (Å²) < 4.78 is 57.5. The molecule has 0 aliphatic carbocycles. The number of hydrogen-bond acceptors (Lipinski definition) is 10. The molecule has 57 heavy (non-hydrogen) atoms. The van der Waals surface area contributed by atoms with E-state index in [1.165, 1.54) is 17.2 Å². The van der Waals surface area contributed by atoms with Gasteiger partial charge in [-0.2, -0.15) is 13.2 Å². The first kappa shape index (κ1) is 37.4. The van der Waals surface area contributed by atoms with E-state index in [4.69, 9.17) is 0 Å². The third-order valence-corrected chi connectivity index (χ3v) is 12.5. The van der Waals surface area contributed by atoms with Crippen LogP contribution in [-0.2, 0) is 22.3 Å². The fourth-order valence-electron chi connectivity index (χ4n) is 9.44. The molecule has 300 valence electrons. The number of carbonyl (C=O) groups is 3. The third-order valence-electron chi connectivity index (χ3n) is 12.5. The fraction of sp³-hybridized carbons (Fsp3) is 0.500. The maximum atomic E-state index is 15.4. The van der Waals surface area contributed by atoms with Crippen molar-refractivity contribution in [3.63, 3.8) is 0 Å². The molecule has 2 atom stereocenters. The van der Waals surface area contributed by atoms with Gasteiger partial charge in [-0.05, 0) is 87.4 Å². The zero-order valence-corrected chi connectivity index (χ0v) is 31.3. The van der Waals surface area contributed by atoms with Crippen LogP contribution in [0, 0.1) is 11.7 Å². The molecule has 4 saturated heterocycles. The number of halogens is 4. The highest BCUT2D eigenvalue weighted by Crippen LogP contribution is 2.39. The van der Waals surface area contributed by atoms with E-state index in [0.29, 0.717) is 52.9 Å². The van der Waals surface area contributed by atoms with Crippen LogP contribution < -0.4 is 15.5 Å². The normalized spacial score (nSPS) is 23.1. The van der Waals surface area contributed by atoms with Gasteiger partial charge in [-0.15, -0.1) is 0 Å². The topological polar surface area (TPSA) is 143 Å². The molecule has 0 spiro atoms. The molecule has 5 aliphatic rings. The molecule has 17 heteroatoms. The van der Waals surface area contributed by atoms with E-state index in [1.54, 1.807) is 24.4 Å². The molecule has 3 aromatic heterocycles. The van der Waals surface area contributed by atoms with Gasteiger partial charge in [0.05, 0.1) is 11.4 Å². The Morgan fingerprint density at radius 1 is 0.930 bits per heavy atom. The molecule has 1 aromatic carbocycles. The summed E-state index contributed by atoms with van der Waals surface area (Å²) in [6.07, 6.45) is 4.55. The molecule has 4 fully saturated rings. The zero-order valence-electron chi connectivity index (χ0n) is 31.3. The Balaban J connectivity index is 0.751. The maximum Gasteiger partial charge on any atom is 0.419 e. The number of amides is 3. The average molecular weight is 789 g/mol. The number of anilines is 2. The Labute approximate surface area is 326 Å². The lowest BCUT2D eigenvalue weighted by Crippen LogP contribution is -2.52. The van der Waals surface area contributed by atoms with E-state index < -0.39 is 29.5 Å². The Bertz CT molecular complexity index is 2200. The Kier molecular flexibility index (Phi) is 9.83. The molecule has 4 aromatic rings. The maximum absolute atomic E-state index is 15.4. The first-order valence-electron chi connectivity index (χ1n) is 19.8. The van der Waals surface area contributed by atoms with Crippen molar-refractivity contribution >= 4 is 40.4 Å². The molecule has 3 amide bonds. The number of alkyl halides is 3. The summed E-state index contributed by atoms with van der Waals surface area (Å²) in [5, 5.41) is 6.18. The first-order chi connectivity index (χ1) is 27.5. The second-order valence-corrected chi connectivity index (χ2v) is 16.0. The van der Waals surface area contributed by atoms with Gasteiger partial charge in [0.2, 0.25) is 17.8 Å². The quantitative estimate of drug-likeness (QED) is 0.168. The largest absolute Gasteiger partial charge is 0.419 e. The van der Waals surface area contributed by atoms with Crippen molar-refractivity contribution in [2.24, 2.45) is 5.92 Å². The summed E-state index contributed by atoms with van der Waals surface area (Å²) >= 11 is 0. The van der Waals surface area contributed by atoms with Crippen LogP contribution in [0.4, 0.5) is 29.2 Å². The molecule has 13 nitrogen and oxygen atoms in total. The third kappa shape index (κ3) is 7.42. The van der Waals surface area contributed by atoms with Gasteiger partial charge in [0.15, 0.2) is 0 Å². The molecule has 0 radical (unpaired) electrons. The molecule has 3 N–H and O–H groups in total. The minimum Gasteiger partial charge on any atom is -0.369 e. The summed E-state index contributed by atoms with van der Waals surface area (Å²) in [5.41, 5.74) is 1.21. The van der Waals surface area contributed by atoms with Gasteiger partial charge in [0.25, 0.3) is 5.91 Å². The lowest BCUT2D eigenvalue weighted by molar-refractivity contribution is -0.138. The van der Waals surface area contributed by atoms with Gasteiger partial charge in [-0.1, -0.05) is 0 Å². The van der Waals surface area contributed by atoms with Crippen molar-refractivity contribution in [1.82, 2.24) is 40.0 Å². The number of fused-ring (bicyclic) bond motifs is 2. The summed E-state index contributed by atoms with van der Waals surface area (Å²) in [4.78, 5) is 61.3. The highest BCUT2D eigenvalue weighted by atomic mass is 19.4. The number of benzene rings is 1. The predicted octanol–water partition coefficient (Wildman–Crippen LogP) is 4.81. The van der Waals surface area contributed by atoms with Crippen LogP contribution in [0.1, 0.15) is 66.4 Å². The van der Waals surface area contributed by atoms with Gasteiger partial charge in [-0.25, -0.2) is 19.3 Å². The Morgan fingerprint density at radius 2 is 1.74 bits per heavy atom. The van der Waals surface area contributed by atoms with Crippen molar-refractivity contribution < 1.29 is 31.9 Å². The number of piperidine rings is 3. The van der Waals surface area contributed by atoms with Crippen LogP contribution >= 0.6 is 0 Å².